The first-order valence-electron chi connectivity index (χ1n) is 8.44. The molecule has 128 valence electrons. The molecule has 1 atom stereocenters. The number of amides is 3. The topological polar surface area (TPSA) is 87.5 Å². The number of carbonyl (C=O) groups excluding carboxylic acids is 2. The van der Waals surface area contributed by atoms with Crippen molar-refractivity contribution in [3.05, 3.63) is 0 Å². The first kappa shape index (κ1) is 18.7. The molecule has 0 saturated heterocycles. The Bertz CT molecular complexity index is 354. The summed E-state index contributed by atoms with van der Waals surface area (Å²) >= 11 is 0. The van der Waals surface area contributed by atoms with Crippen LogP contribution in [-0.4, -0.2) is 49.1 Å². The Kier molecular flexibility index (Phi) is 8.24. The van der Waals surface area contributed by atoms with Crippen LogP contribution in [-0.2, 0) is 4.79 Å². The molecule has 4 N–H and O–H groups in total. The SMILES string of the molecule is CC(C)C(N)CCN(C)C(=O)CNC(=O)NC1CCCCC1. The molecule has 1 aliphatic carbocycles. The molecule has 3 amide bonds. The predicted molar refractivity (Wildman–Crippen MR) is 88.5 cm³/mol. The van der Waals surface area contributed by atoms with Crippen LogP contribution >= 0.6 is 0 Å². The summed E-state index contributed by atoms with van der Waals surface area (Å²) in [5, 5.41) is 5.59. The minimum absolute atomic E-state index is 0.0337. The lowest BCUT2D eigenvalue weighted by Gasteiger charge is -2.24. The Morgan fingerprint density at radius 3 is 2.45 bits per heavy atom. The van der Waals surface area contributed by atoms with E-state index in [1.54, 1.807) is 11.9 Å². The van der Waals surface area contributed by atoms with E-state index < -0.39 is 0 Å². The van der Waals surface area contributed by atoms with E-state index in [1.807, 2.05) is 0 Å². The van der Waals surface area contributed by atoms with Gasteiger partial charge in [0.25, 0.3) is 0 Å². The van der Waals surface area contributed by atoms with Crippen molar-refractivity contribution >= 4 is 11.9 Å². The van der Waals surface area contributed by atoms with E-state index in [4.69, 9.17) is 5.73 Å². The van der Waals surface area contributed by atoms with Crippen molar-refractivity contribution in [2.45, 2.75) is 64.5 Å². The van der Waals surface area contributed by atoms with Crippen LogP contribution in [0.2, 0.25) is 0 Å². The predicted octanol–water partition coefficient (Wildman–Crippen LogP) is 1.45. The summed E-state index contributed by atoms with van der Waals surface area (Å²) in [6.07, 6.45) is 6.43. The van der Waals surface area contributed by atoms with Gasteiger partial charge < -0.3 is 21.3 Å². The van der Waals surface area contributed by atoms with Crippen LogP contribution in [0.1, 0.15) is 52.4 Å². The molecule has 1 saturated carbocycles. The molecular formula is C16H32N4O2. The fraction of sp³-hybridized carbons (Fsp3) is 0.875. The van der Waals surface area contributed by atoms with Crippen LogP contribution < -0.4 is 16.4 Å². The van der Waals surface area contributed by atoms with Gasteiger partial charge in [0.05, 0.1) is 6.54 Å². The minimum Gasteiger partial charge on any atom is -0.344 e. The molecule has 1 rings (SSSR count). The number of hydrogen-bond acceptors (Lipinski definition) is 3. The monoisotopic (exact) mass is 312 g/mol. The Morgan fingerprint density at radius 2 is 1.86 bits per heavy atom. The molecule has 1 fully saturated rings. The van der Waals surface area contributed by atoms with E-state index in [0.717, 1.165) is 19.3 Å². The van der Waals surface area contributed by atoms with E-state index in [9.17, 15) is 9.59 Å². The molecule has 0 radical (unpaired) electrons. The largest absolute Gasteiger partial charge is 0.344 e. The average molecular weight is 312 g/mol. The molecule has 6 heteroatoms. The fourth-order valence-electron chi connectivity index (χ4n) is 2.57. The van der Waals surface area contributed by atoms with Crippen LogP contribution in [0.5, 0.6) is 0 Å². The summed E-state index contributed by atoms with van der Waals surface area (Å²) in [4.78, 5) is 25.4. The third-order valence-corrected chi connectivity index (χ3v) is 4.42. The standard InChI is InChI=1S/C16H32N4O2/c1-12(2)14(17)9-10-20(3)15(21)11-18-16(22)19-13-7-5-4-6-8-13/h12-14H,4-11,17H2,1-3H3,(H2,18,19,22). The van der Waals surface area contributed by atoms with Crippen molar-refractivity contribution in [2.24, 2.45) is 11.7 Å². The molecule has 0 aromatic carbocycles. The van der Waals surface area contributed by atoms with Crippen molar-refractivity contribution in [1.82, 2.24) is 15.5 Å². The number of nitrogens with zero attached hydrogens (tertiary/aromatic N) is 1. The van der Waals surface area contributed by atoms with E-state index in [0.29, 0.717) is 12.5 Å². The zero-order valence-corrected chi connectivity index (χ0v) is 14.2. The Labute approximate surface area is 134 Å². The van der Waals surface area contributed by atoms with E-state index in [2.05, 4.69) is 24.5 Å². The zero-order valence-electron chi connectivity index (χ0n) is 14.2. The second kappa shape index (κ2) is 9.66. The third-order valence-electron chi connectivity index (χ3n) is 4.42. The molecule has 6 nitrogen and oxygen atoms in total. The molecule has 0 aromatic rings. The molecular weight excluding hydrogens is 280 g/mol. The molecule has 1 aliphatic rings. The zero-order chi connectivity index (χ0) is 16.5. The van der Waals surface area contributed by atoms with Gasteiger partial charge in [-0.05, 0) is 25.2 Å². The quantitative estimate of drug-likeness (QED) is 0.665. The molecule has 0 aromatic heterocycles. The van der Waals surface area contributed by atoms with Crippen molar-refractivity contribution in [2.75, 3.05) is 20.1 Å². The van der Waals surface area contributed by atoms with Gasteiger partial charge in [0.2, 0.25) is 5.91 Å². The highest BCUT2D eigenvalue weighted by molar-refractivity contribution is 5.83. The lowest BCUT2D eigenvalue weighted by atomic mass is 9.96. The van der Waals surface area contributed by atoms with Crippen molar-refractivity contribution in [1.29, 1.82) is 0 Å². The highest BCUT2D eigenvalue weighted by Gasteiger charge is 2.17. The normalized spacial score (nSPS) is 17.1. The Morgan fingerprint density at radius 1 is 1.23 bits per heavy atom. The molecule has 1 unspecified atom stereocenters. The summed E-state index contributed by atoms with van der Waals surface area (Å²) in [6, 6.07) is 0.107. The first-order chi connectivity index (χ1) is 10.4. The molecule has 0 spiro atoms. The number of rotatable bonds is 7. The first-order valence-corrected chi connectivity index (χ1v) is 8.44. The maximum Gasteiger partial charge on any atom is 0.315 e. The number of urea groups is 1. The van der Waals surface area contributed by atoms with Gasteiger partial charge in [-0.1, -0.05) is 33.1 Å². The average Bonchev–Trinajstić information content (AvgIpc) is 2.50. The van der Waals surface area contributed by atoms with Gasteiger partial charge >= 0.3 is 6.03 Å². The highest BCUT2D eigenvalue weighted by atomic mass is 16.2. The molecule has 0 bridgehead atoms. The summed E-state index contributed by atoms with van der Waals surface area (Å²) in [7, 11) is 1.75. The Balaban J connectivity index is 2.19. The van der Waals surface area contributed by atoms with Crippen LogP contribution in [0.25, 0.3) is 0 Å². The smallest absolute Gasteiger partial charge is 0.315 e. The van der Waals surface area contributed by atoms with Gasteiger partial charge in [-0.2, -0.15) is 0 Å². The maximum absolute atomic E-state index is 12.0. The maximum atomic E-state index is 12.0. The summed E-state index contributed by atoms with van der Waals surface area (Å²) in [5.41, 5.74) is 5.97. The van der Waals surface area contributed by atoms with E-state index in [-0.39, 0.29) is 30.6 Å². The second-order valence-electron chi connectivity index (χ2n) is 6.67. The number of carbonyl (C=O) groups is 2. The van der Waals surface area contributed by atoms with Gasteiger partial charge in [-0.25, -0.2) is 4.79 Å². The van der Waals surface area contributed by atoms with Crippen molar-refractivity contribution in [3.63, 3.8) is 0 Å². The van der Waals surface area contributed by atoms with Gasteiger partial charge in [0.1, 0.15) is 0 Å². The van der Waals surface area contributed by atoms with Crippen LogP contribution in [0.4, 0.5) is 4.79 Å². The minimum atomic E-state index is -0.243. The fourth-order valence-corrected chi connectivity index (χ4v) is 2.57. The van der Waals surface area contributed by atoms with E-state index >= 15 is 0 Å². The molecule has 0 aliphatic heterocycles. The van der Waals surface area contributed by atoms with Crippen LogP contribution in [0.15, 0.2) is 0 Å². The highest BCUT2D eigenvalue weighted by Crippen LogP contribution is 2.17. The number of nitrogens with two attached hydrogens (primary N) is 1. The van der Waals surface area contributed by atoms with Gasteiger partial charge in [0.15, 0.2) is 0 Å². The second-order valence-corrected chi connectivity index (χ2v) is 6.67. The number of nitrogens with one attached hydrogen (secondary N) is 2. The number of hydrogen-bond donors (Lipinski definition) is 3. The van der Waals surface area contributed by atoms with Crippen molar-refractivity contribution < 1.29 is 9.59 Å². The lowest BCUT2D eigenvalue weighted by Crippen LogP contribution is -2.47. The Hall–Kier alpha value is -1.30. The lowest BCUT2D eigenvalue weighted by molar-refractivity contribution is -0.128. The van der Waals surface area contributed by atoms with Gasteiger partial charge in [0, 0.05) is 25.7 Å². The summed E-state index contributed by atoms with van der Waals surface area (Å²) < 4.78 is 0. The molecule has 22 heavy (non-hydrogen) atoms. The van der Waals surface area contributed by atoms with Crippen LogP contribution in [0.3, 0.4) is 0 Å². The van der Waals surface area contributed by atoms with E-state index in [1.165, 1.54) is 19.3 Å². The molecule has 0 heterocycles. The number of likely N-dealkylation sites (N-methyl/N-ethyl adjacent to an activating group) is 1. The summed E-state index contributed by atoms with van der Waals surface area (Å²) in [6.45, 7) is 4.79. The summed E-state index contributed by atoms with van der Waals surface area (Å²) in [5.74, 6) is 0.317. The van der Waals surface area contributed by atoms with Gasteiger partial charge in [-0.3, -0.25) is 4.79 Å². The van der Waals surface area contributed by atoms with Crippen molar-refractivity contribution in [3.8, 4) is 0 Å². The van der Waals surface area contributed by atoms with Crippen LogP contribution in [0, 0.1) is 5.92 Å². The third kappa shape index (κ3) is 7.11. The van der Waals surface area contributed by atoms with Gasteiger partial charge in [-0.15, -0.1) is 0 Å².